The zero-order valence-electron chi connectivity index (χ0n) is 13.2. The lowest BCUT2D eigenvalue weighted by molar-refractivity contribution is -0.123. The van der Waals surface area contributed by atoms with Crippen molar-refractivity contribution in [3.63, 3.8) is 0 Å². The van der Waals surface area contributed by atoms with E-state index in [1.165, 1.54) is 18.2 Å². The first-order valence-corrected chi connectivity index (χ1v) is 7.43. The zero-order chi connectivity index (χ0) is 17.9. The highest BCUT2D eigenvalue weighted by molar-refractivity contribution is 6.32. The van der Waals surface area contributed by atoms with Crippen molar-refractivity contribution < 1.29 is 27.5 Å². The van der Waals surface area contributed by atoms with Crippen LogP contribution in [-0.2, 0) is 9.53 Å². The molecule has 0 radical (unpaired) electrons. The highest BCUT2D eigenvalue weighted by Gasteiger charge is 2.30. The van der Waals surface area contributed by atoms with E-state index in [9.17, 15) is 22.8 Å². The van der Waals surface area contributed by atoms with Crippen LogP contribution in [0.2, 0.25) is 0 Å². The van der Waals surface area contributed by atoms with E-state index >= 15 is 0 Å². The molecule has 130 valence electrons. The summed E-state index contributed by atoms with van der Waals surface area (Å²) in [5, 5.41) is 4.46. The van der Waals surface area contributed by atoms with Crippen LogP contribution in [0.15, 0.2) is 24.0 Å². The van der Waals surface area contributed by atoms with Crippen LogP contribution >= 0.6 is 0 Å². The van der Waals surface area contributed by atoms with Gasteiger partial charge in [0.05, 0.1) is 12.2 Å². The molecule has 1 aromatic rings. The van der Waals surface area contributed by atoms with Gasteiger partial charge in [0.2, 0.25) is 0 Å². The number of carbonyl (C=O) groups is 2. The van der Waals surface area contributed by atoms with Gasteiger partial charge in [0.25, 0.3) is 11.8 Å². The molecule has 2 rings (SSSR count). The largest absolute Gasteiger partial charge is 0.497 e. The van der Waals surface area contributed by atoms with Gasteiger partial charge in [-0.1, -0.05) is 6.92 Å². The van der Waals surface area contributed by atoms with Crippen LogP contribution in [-0.4, -0.2) is 31.1 Å². The van der Waals surface area contributed by atoms with Gasteiger partial charge in [0.1, 0.15) is 12.3 Å². The van der Waals surface area contributed by atoms with Crippen molar-refractivity contribution in [2.45, 2.75) is 26.4 Å². The summed E-state index contributed by atoms with van der Waals surface area (Å²) in [6, 6.07) is 4.24. The molecule has 0 saturated heterocycles. The Morgan fingerprint density at radius 1 is 1.29 bits per heavy atom. The second kappa shape index (κ2) is 6.94. The molecule has 1 aliphatic heterocycles. The third-order valence-electron chi connectivity index (χ3n) is 3.39. The van der Waals surface area contributed by atoms with Crippen molar-refractivity contribution >= 4 is 23.1 Å². The number of carbonyl (C=O) groups excluding carboxylic acids is 2. The maximum absolute atomic E-state index is 12.2. The Bertz CT molecular complexity index is 696. The van der Waals surface area contributed by atoms with Crippen molar-refractivity contribution in [2.75, 3.05) is 18.5 Å². The Morgan fingerprint density at radius 3 is 2.58 bits per heavy atom. The van der Waals surface area contributed by atoms with Gasteiger partial charge in [0, 0.05) is 23.2 Å². The zero-order valence-corrected chi connectivity index (χ0v) is 13.2. The fourth-order valence-corrected chi connectivity index (χ4v) is 2.39. The monoisotopic (exact) mass is 342 g/mol. The number of amides is 2. The first kappa shape index (κ1) is 17.8. The normalized spacial score (nSPS) is 15.6. The molecule has 5 nitrogen and oxygen atoms in total. The van der Waals surface area contributed by atoms with E-state index in [-0.39, 0.29) is 11.5 Å². The molecule has 1 aliphatic rings. The number of halogens is 3. The van der Waals surface area contributed by atoms with E-state index in [2.05, 4.69) is 5.32 Å². The summed E-state index contributed by atoms with van der Waals surface area (Å²) < 4.78 is 42.1. The van der Waals surface area contributed by atoms with Crippen LogP contribution in [0, 0.1) is 0 Å². The molecule has 0 atom stereocenters. The standard InChI is InChI=1S/C16H17F3N2O3/c1-3-12(24-4-2)13-10-7-9(5-6-11(10)21-15(13)23)14(22)20-8-16(17,18)19/h5-7H,3-4,8H2,1-2H3,(H,20,22)(H,21,23). The van der Waals surface area contributed by atoms with Gasteiger partial charge in [-0.05, 0) is 25.1 Å². The van der Waals surface area contributed by atoms with Crippen LogP contribution in [0.3, 0.4) is 0 Å². The van der Waals surface area contributed by atoms with E-state index in [0.717, 1.165) is 0 Å². The third kappa shape index (κ3) is 3.87. The second-order valence-electron chi connectivity index (χ2n) is 5.10. The Balaban J connectivity index is 2.35. The minimum atomic E-state index is -4.49. The lowest BCUT2D eigenvalue weighted by Crippen LogP contribution is -2.33. The van der Waals surface area contributed by atoms with Gasteiger partial charge in [-0.15, -0.1) is 0 Å². The molecular formula is C16H17F3N2O3. The van der Waals surface area contributed by atoms with Gasteiger partial charge in [-0.3, -0.25) is 9.59 Å². The van der Waals surface area contributed by atoms with Gasteiger partial charge < -0.3 is 15.4 Å². The van der Waals surface area contributed by atoms with Crippen LogP contribution in [0.25, 0.3) is 5.57 Å². The fourth-order valence-electron chi connectivity index (χ4n) is 2.39. The van der Waals surface area contributed by atoms with E-state index in [0.29, 0.717) is 35.6 Å². The smallest absolute Gasteiger partial charge is 0.405 e. The molecule has 0 saturated carbocycles. The molecule has 0 bridgehead atoms. The number of alkyl halides is 3. The minimum Gasteiger partial charge on any atom is -0.497 e. The maximum Gasteiger partial charge on any atom is 0.405 e. The summed E-state index contributed by atoms with van der Waals surface area (Å²) >= 11 is 0. The Kier molecular flexibility index (Phi) is 5.16. The highest BCUT2D eigenvalue weighted by Crippen LogP contribution is 2.35. The summed E-state index contributed by atoms with van der Waals surface area (Å²) in [5.74, 6) is -0.743. The lowest BCUT2D eigenvalue weighted by Gasteiger charge is -2.11. The van der Waals surface area contributed by atoms with Gasteiger partial charge >= 0.3 is 6.18 Å². The van der Waals surface area contributed by atoms with Crippen LogP contribution in [0.1, 0.15) is 36.2 Å². The predicted molar refractivity (Wildman–Crippen MR) is 82.3 cm³/mol. The topological polar surface area (TPSA) is 67.4 Å². The summed E-state index contributed by atoms with van der Waals surface area (Å²) in [6.45, 7) is 2.57. The summed E-state index contributed by atoms with van der Waals surface area (Å²) in [4.78, 5) is 24.0. The number of allylic oxidation sites excluding steroid dienone is 1. The van der Waals surface area contributed by atoms with Gasteiger partial charge in [0.15, 0.2) is 0 Å². The average Bonchev–Trinajstić information content (AvgIpc) is 2.84. The van der Waals surface area contributed by atoms with Gasteiger partial charge in [-0.2, -0.15) is 13.2 Å². The number of benzene rings is 1. The predicted octanol–water partition coefficient (Wildman–Crippen LogP) is 3.09. The Labute approximate surface area is 136 Å². The molecule has 2 amide bonds. The molecular weight excluding hydrogens is 325 g/mol. The molecule has 0 unspecified atom stereocenters. The van der Waals surface area contributed by atoms with Crippen molar-refractivity contribution in [1.82, 2.24) is 5.32 Å². The summed E-state index contributed by atoms with van der Waals surface area (Å²) in [6.07, 6.45) is -4.01. The number of fused-ring (bicyclic) bond motifs is 1. The molecule has 8 heteroatoms. The number of hydrogen-bond donors (Lipinski definition) is 2. The summed E-state index contributed by atoms with van der Waals surface area (Å²) in [5.41, 5.74) is 1.29. The molecule has 0 fully saturated rings. The molecule has 24 heavy (non-hydrogen) atoms. The number of ether oxygens (including phenoxy) is 1. The van der Waals surface area contributed by atoms with E-state index in [4.69, 9.17) is 4.74 Å². The van der Waals surface area contributed by atoms with Crippen molar-refractivity contribution in [3.05, 3.63) is 35.1 Å². The first-order valence-electron chi connectivity index (χ1n) is 7.43. The second-order valence-corrected chi connectivity index (χ2v) is 5.10. The quantitative estimate of drug-likeness (QED) is 0.638. The molecule has 1 aromatic carbocycles. The molecule has 0 spiro atoms. The van der Waals surface area contributed by atoms with Crippen molar-refractivity contribution in [2.24, 2.45) is 0 Å². The molecule has 1 heterocycles. The average molecular weight is 342 g/mol. The van der Waals surface area contributed by atoms with Crippen molar-refractivity contribution in [3.8, 4) is 0 Å². The molecule has 2 N–H and O–H groups in total. The Morgan fingerprint density at radius 2 is 2.00 bits per heavy atom. The van der Waals surface area contributed by atoms with Gasteiger partial charge in [-0.25, -0.2) is 0 Å². The summed E-state index contributed by atoms with van der Waals surface area (Å²) in [7, 11) is 0. The number of hydrogen-bond acceptors (Lipinski definition) is 3. The SMILES string of the molecule is CCOC(CC)=C1C(=O)Nc2ccc(C(=O)NCC(F)(F)F)cc21. The number of anilines is 1. The molecule has 0 aliphatic carbocycles. The fraction of sp³-hybridized carbons (Fsp3) is 0.375. The minimum absolute atomic E-state index is 0.0407. The van der Waals surface area contributed by atoms with E-state index < -0.39 is 18.6 Å². The Hall–Kier alpha value is -2.51. The van der Waals surface area contributed by atoms with Crippen LogP contribution in [0.4, 0.5) is 18.9 Å². The molecule has 0 aromatic heterocycles. The van der Waals surface area contributed by atoms with Crippen LogP contribution in [0.5, 0.6) is 0 Å². The van der Waals surface area contributed by atoms with E-state index in [1.807, 2.05) is 12.2 Å². The maximum atomic E-state index is 12.2. The highest BCUT2D eigenvalue weighted by atomic mass is 19.4. The number of rotatable bonds is 5. The lowest BCUT2D eigenvalue weighted by atomic mass is 10.0. The first-order chi connectivity index (χ1) is 11.3. The van der Waals surface area contributed by atoms with E-state index in [1.54, 1.807) is 6.92 Å². The number of nitrogens with one attached hydrogen (secondary N) is 2. The third-order valence-corrected chi connectivity index (χ3v) is 3.39. The van der Waals surface area contributed by atoms with Crippen molar-refractivity contribution in [1.29, 1.82) is 0 Å². The van der Waals surface area contributed by atoms with Crippen LogP contribution < -0.4 is 10.6 Å².